The average molecular weight is 577 g/mol. The number of ether oxygens (including phenoxy) is 2. The highest BCUT2D eigenvalue weighted by Crippen LogP contribution is 2.35. The summed E-state index contributed by atoms with van der Waals surface area (Å²) in [5.74, 6) is -0.630. The first kappa shape index (κ1) is 29.4. The summed E-state index contributed by atoms with van der Waals surface area (Å²) in [5, 5.41) is 0. The van der Waals surface area contributed by atoms with Crippen molar-refractivity contribution in [3.05, 3.63) is 59.9 Å². The van der Waals surface area contributed by atoms with Gasteiger partial charge in [0.15, 0.2) is 0 Å². The lowest BCUT2D eigenvalue weighted by Crippen LogP contribution is -2.58. The number of nitrogens with zero attached hydrogens (tertiary/aromatic N) is 5. The summed E-state index contributed by atoms with van der Waals surface area (Å²) in [6.07, 6.45) is 4.52. The second kappa shape index (κ2) is 11.6. The van der Waals surface area contributed by atoms with E-state index in [-0.39, 0.29) is 11.7 Å². The van der Waals surface area contributed by atoms with Crippen molar-refractivity contribution in [2.75, 3.05) is 38.5 Å². The quantitative estimate of drug-likeness (QED) is 0.473. The zero-order chi connectivity index (χ0) is 30.1. The van der Waals surface area contributed by atoms with Crippen LogP contribution in [0, 0.1) is 5.82 Å². The monoisotopic (exact) mass is 576 g/mol. The Morgan fingerprint density at radius 2 is 1.79 bits per heavy atom. The molecular formula is C31H37FN6O4. The summed E-state index contributed by atoms with van der Waals surface area (Å²) >= 11 is 0. The molecule has 1 aromatic carbocycles. The van der Waals surface area contributed by atoms with Crippen molar-refractivity contribution in [1.29, 1.82) is 0 Å². The van der Waals surface area contributed by atoms with Gasteiger partial charge in [-0.3, -0.25) is 4.79 Å². The molecule has 11 heteroatoms. The van der Waals surface area contributed by atoms with Gasteiger partial charge in [-0.15, -0.1) is 0 Å². The molecular weight excluding hydrogens is 539 g/mol. The van der Waals surface area contributed by atoms with Crippen LogP contribution in [-0.2, 0) is 15.9 Å². The van der Waals surface area contributed by atoms with Gasteiger partial charge in [-0.1, -0.05) is 13.0 Å². The Balaban J connectivity index is 1.33. The fraction of sp³-hybridized carbons (Fsp3) is 0.452. The first-order chi connectivity index (χ1) is 20.0. The number of hydrogen-bond donors (Lipinski definition) is 1. The fourth-order valence-electron chi connectivity index (χ4n) is 5.52. The van der Waals surface area contributed by atoms with E-state index >= 15 is 4.39 Å². The van der Waals surface area contributed by atoms with Crippen molar-refractivity contribution >= 4 is 17.8 Å². The molecule has 0 aliphatic carbocycles. The molecule has 0 saturated carbocycles. The lowest BCUT2D eigenvalue weighted by molar-refractivity contribution is -0.126. The highest BCUT2D eigenvalue weighted by Gasteiger charge is 2.43. The van der Waals surface area contributed by atoms with Crippen LogP contribution in [0.4, 0.5) is 15.0 Å². The number of morpholine rings is 1. The summed E-state index contributed by atoms with van der Waals surface area (Å²) in [6, 6.07) is 8.11. The molecule has 4 heterocycles. The number of anilines is 1. The number of aromatic nitrogens is 3. The second-order valence-electron chi connectivity index (χ2n) is 11.8. The largest absolute Gasteiger partial charge is 0.444 e. The van der Waals surface area contributed by atoms with Gasteiger partial charge in [-0.25, -0.2) is 24.1 Å². The van der Waals surface area contributed by atoms with Crippen LogP contribution in [0.15, 0.2) is 42.9 Å². The number of nitrogens with two attached hydrogens (primary N) is 1. The first-order valence-corrected chi connectivity index (χ1v) is 14.3. The number of carbonyl (C=O) groups excluding carboxylic acids is 2. The van der Waals surface area contributed by atoms with Crippen LogP contribution in [-0.4, -0.2) is 80.7 Å². The Labute approximate surface area is 245 Å². The summed E-state index contributed by atoms with van der Waals surface area (Å²) in [6.45, 7) is 9.45. The topological polar surface area (TPSA) is 124 Å². The number of amides is 2. The number of rotatable bonds is 4. The van der Waals surface area contributed by atoms with Gasteiger partial charge in [0, 0.05) is 42.5 Å². The van der Waals surface area contributed by atoms with Crippen LogP contribution in [0.5, 0.6) is 0 Å². The van der Waals surface area contributed by atoms with Gasteiger partial charge in [-0.2, -0.15) is 0 Å². The Morgan fingerprint density at radius 1 is 1.05 bits per heavy atom. The number of halogens is 1. The van der Waals surface area contributed by atoms with Gasteiger partial charge < -0.3 is 25.0 Å². The van der Waals surface area contributed by atoms with E-state index in [9.17, 15) is 9.59 Å². The van der Waals surface area contributed by atoms with Crippen LogP contribution in [0.3, 0.4) is 0 Å². The number of carbonyl (C=O) groups is 2. The maximum atomic E-state index is 15.6. The Kier molecular flexibility index (Phi) is 8.14. The van der Waals surface area contributed by atoms with E-state index in [1.807, 2.05) is 33.8 Å². The molecule has 2 saturated heterocycles. The molecule has 2 aromatic heterocycles. The Morgan fingerprint density at radius 3 is 2.43 bits per heavy atom. The number of aryl methyl sites for hydroxylation is 1. The minimum Gasteiger partial charge on any atom is -0.444 e. The molecule has 2 aliphatic heterocycles. The van der Waals surface area contributed by atoms with Gasteiger partial charge in [-0.05, 0) is 64.3 Å². The normalized spacial score (nSPS) is 16.9. The Hall–Kier alpha value is -4.12. The SMILES string of the molecule is CCc1ncnc(-c2ccc(C(=O)N3CCOC4(CCN(C(=O)OC(C)(C)C)CC4)C3)c(F)c2)c1-c1ccc(N)nc1. The minimum atomic E-state index is -0.629. The molecule has 0 atom stereocenters. The third kappa shape index (κ3) is 6.20. The van der Waals surface area contributed by atoms with E-state index in [0.29, 0.717) is 69.1 Å². The molecule has 1 spiro atoms. The molecule has 0 radical (unpaired) electrons. The number of benzene rings is 1. The minimum absolute atomic E-state index is 0.0116. The molecule has 10 nitrogen and oxygen atoms in total. The Bertz CT molecular complexity index is 1470. The molecule has 0 unspecified atom stereocenters. The molecule has 2 amide bonds. The number of piperidine rings is 1. The third-order valence-corrected chi connectivity index (χ3v) is 7.67. The fourth-order valence-corrected chi connectivity index (χ4v) is 5.52. The molecule has 222 valence electrons. The van der Waals surface area contributed by atoms with Gasteiger partial charge in [0.2, 0.25) is 0 Å². The number of pyridine rings is 1. The molecule has 42 heavy (non-hydrogen) atoms. The molecule has 2 fully saturated rings. The lowest BCUT2D eigenvalue weighted by atomic mass is 9.89. The molecule has 5 rings (SSSR count). The van der Waals surface area contributed by atoms with Crippen LogP contribution >= 0.6 is 0 Å². The highest BCUT2D eigenvalue weighted by molar-refractivity contribution is 5.95. The lowest BCUT2D eigenvalue weighted by Gasteiger charge is -2.47. The van der Waals surface area contributed by atoms with Gasteiger partial charge >= 0.3 is 6.09 Å². The van der Waals surface area contributed by atoms with Gasteiger partial charge in [0.1, 0.15) is 23.6 Å². The summed E-state index contributed by atoms with van der Waals surface area (Å²) < 4.78 is 27.3. The van der Waals surface area contributed by atoms with Crippen molar-refractivity contribution in [3.8, 4) is 22.4 Å². The third-order valence-electron chi connectivity index (χ3n) is 7.67. The maximum absolute atomic E-state index is 15.6. The maximum Gasteiger partial charge on any atom is 0.410 e. The standard InChI is InChI=1S/C31H37FN6O4/c1-5-24-26(21-7-9-25(33)34-17-21)27(36-19-35-24)20-6-8-22(23(32)16-20)28(39)38-14-15-41-31(18-38)10-12-37(13-11-31)29(40)42-30(2,3)4/h6-9,16-17,19H,5,10-15,18H2,1-4H3,(H2,33,34). The van der Waals surface area contributed by atoms with Gasteiger partial charge in [0.25, 0.3) is 5.91 Å². The van der Waals surface area contributed by atoms with Crippen LogP contribution in [0.1, 0.15) is 56.6 Å². The molecule has 2 N–H and O–H groups in total. The van der Waals surface area contributed by atoms with E-state index in [1.165, 1.54) is 18.5 Å². The van der Waals surface area contributed by atoms with E-state index in [2.05, 4.69) is 15.0 Å². The van der Waals surface area contributed by atoms with Crippen LogP contribution in [0.2, 0.25) is 0 Å². The van der Waals surface area contributed by atoms with Crippen molar-refractivity contribution in [2.24, 2.45) is 0 Å². The average Bonchev–Trinajstić information content (AvgIpc) is 2.96. The number of likely N-dealkylation sites (tertiary alicyclic amines) is 1. The van der Waals surface area contributed by atoms with Crippen molar-refractivity contribution < 1.29 is 23.5 Å². The van der Waals surface area contributed by atoms with Gasteiger partial charge in [0.05, 0.1) is 35.7 Å². The van der Waals surface area contributed by atoms with Crippen molar-refractivity contribution in [1.82, 2.24) is 24.8 Å². The predicted octanol–water partition coefficient (Wildman–Crippen LogP) is 4.73. The summed E-state index contributed by atoms with van der Waals surface area (Å²) in [4.78, 5) is 42.5. The predicted molar refractivity (Wildman–Crippen MR) is 156 cm³/mol. The first-order valence-electron chi connectivity index (χ1n) is 14.3. The number of nitrogen functional groups attached to an aromatic ring is 1. The smallest absolute Gasteiger partial charge is 0.410 e. The van der Waals surface area contributed by atoms with Crippen LogP contribution < -0.4 is 5.73 Å². The van der Waals surface area contributed by atoms with E-state index in [1.54, 1.807) is 28.1 Å². The van der Waals surface area contributed by atoms with Crippen molar-refractivity contribution in [3.63, 3.8) is 0 Å². The highest BCUT2D eigenvalue weighted by atomic mass is 19.1. The second-order valence-corrected chi connectivity index (χ2v) is 11.8. The van der Waals surface area contributed by atoms with E-state index in [4.69, 9.17) is 15.2 Å². The molecule has 0 bridgehead atoms. The van der Waals surface area contributed by atoms with E-state index < -0.39 is 22.9 Å². The van der Waals surface area contributed by atoms with Crippen LogP contribution in [0.25, 0.3) is 22.4 Å². The number of hydrogen-bond acceptors (Lipinski definition) is 8. The molecule has 2 aliphatic rings. The summed E-state index contributed by atoms with van der Waals surface area (Å²) in [5.41, 5.74) is 8.01. The van der Waals surface area contributed by atoms with E-state index in [0.717, 1.165) is 16.8 Å². The molecule has 3 aromatic rings. The van der Waals surface area contributed by atoms with Crippen molar-refractivity contribution in [2.45, 2.75) is 58.2 Å². The summed E-state index contributed by atoms with van der Waals surface area (Å²) in [7, 11) is 0. The zero-order valence-electron chi connectivity index (χ0n) is 24.5. The zero-order valence-corrected chi connectivity index (χ0v) is 24.5.